The van der Waals surface area contributed by atoms with E-state index in [2.05, 4.69) is 10.3 Å². The first kappa shape index (κ1) is 19.0. The number of hydrogen-bond donors (Lipinski definition) is 1. The van der Waals surface area contributed by atoms with Crippen LogP contribution in [-0.4, -0.2) is 30.9 Å². The zero-order valence-corrected chi connectivity index (χ0v) is 16.3. The van der Waals surface area contributed by atoms with Gasteiger partial charge < -0.3 is 20.0 Å². The number of pyridine rings is 1. The zero-order chi connectivity index (χ0) is 19.2. The summed E-state index contributed by atoms with van der Waals surface area (Å²) in [7, 11) is 3.15. The Hall–Kier alpha value is -2.78. The monoisotopic (exact) mass is 403 g/mol. The van der Waals surface area contributed by atoms with Gasteiger partial charge in [0, 0.05) is 23.1 Å². The van der Waals surface area contributed by atoms with Crippen LogP contribution in [0.5, 0.6) is 11.5 Å². The zero-order valence-electron chi connectivity index (χ0n) is 14.7. The molecule has 3 rings (SSSR count). The summed E-state index contributed by atoms with van der Waals surface area (Å²) >= 11 is 2.50. The highest BCUT2D eigenvalue weighted by Crippen LogP contribution is 2.33. The number of aromatic nitrogens is 2. The van der Waals surface area contributed by atoms with Gasteiger partial charge in [-0.3, -0.25) is 4.79 Å². The average Bonchev–Trinajstić information content (AvgIpc) is 3.15. The molecule has 2 heterocycles. The smallest absolute Gasteiger partial charge is 0.251 e. The summed E-state index contributed by atoms with van der Waals surface area (Å²) in [6.07, 6.45) is 1.40. The molecule has 140 valence electrons. The summed E-state index contributed by atoms with van der Waals surface area (Å²) in [4.78, 5) is 16.6. The van der Waals surface area contributed by atoms with Crippen molar-refractivity contribution in [2.24, 2.45) is 0 Å². The summed E-state index contributed by atoms with van der Waals surface area (Å²) in [6.45, 7) is 0. The fraction of sp³-hybridized carbons (Fsp3) is 0.167. The van der Waals surface area contributed by atoms with Crippen LogP contribution < -0.4 is 19.5 Å². The van der Waals surface area contributed by atoms with Gasteiger partial charge in [0.2, 0.25) is 5.91 Å². The van der Waals surface area contributed by atoms with Gasteiger partial charge in [-0.05, 0) is 36.0 Å². The van der Waals surface area contributed by atoms with Crippen molar-refractivity contribution < 1.29 is 19.0 Å². The first-order valence-corrected chi connectivity index (χ1v) is 9.76. The second-order valence-electron chi connectivity index (χ2n) is 5.31. The van der Waals surface area contributed by atoms with Crippen LogP contribution in [0.3, 0.4) is 0 Å². The molecule has 0 atom stereocenters. The molecule has 3 aromatic rings. The number of carbonyl (C=O) groups excluding carboxylic acids is 1. The number of carbonyl (C=O) groups is 1. The number of anilines is 1. The Kier molecular flexibility index (Phi) is 6.15. The summed E-state index contributed by atoms with van der Waals surface area (Å²) in [5.41, 5.74) is 1.58. The molecule has 0 saturated heterocycles. The number of thiazole rings is 1. The van der Waals surface area contributed by atoms with Gasteiger partial charge >= 0.3 is 0 Å². The lowest BCUT2D eigenvalue weighted by atomic mass is 10.1. The van der Waals surface area contributed by atoms with E-state index in [1.54, 1.807) is 38.5 Å². The Bertz CT molecular complexity index is 946. The third kappa shape index (κ3) is 4.69. The molecule has 0 saturated carbocycles. The largest absolute Gasteiger partial charge is 0.618 e. The Labute approximate surface area is 164 Å². The molecule has 0 fully saturated rings. The lowest BCUT2D eigenvalue weighted by Crippen LogP contribution is -2.28. The molecule has 1 aromatic carbocycles. The van der Waals surface area contributed by atoms with Crippen molar-refractivity contribution in [2.75, 3.05) is 25.3 Å². The maximum Gasteiger partial charge on any atom is 0.251 e. The fourth-order valence-corrected chi connectivity index (χ4v) is 3.73. The predicted molar refractivity (Wildman–Crippen MR) is 105 cm³/mol. The third-order valence-electron chi connectivity index (χ3n) is 3.57. The minimum Gasteiger partial charge on any atom is -0.618 e. The minimum absolute atomic E-state index is 0.123. The average molecular weight is 403 g/mol. The van der Waals surface area contributed by atoms with E-state index in [4.69, 9.17) is 9.47 Å². The molecule has 0 radical (unpaired) electrons. The minimum atomic E-state index is -0.225. The van der Waals surface area contributed by atoms with Crippen LogP contribution in [0.2, 0.25) is 0 Å². The second-order valence-corrected chi connectivity index (χ2v) is 7.16. The molecule has 7 nitrogen and oxygen atoms in total. The second kappa shape index (κ2) is 8.74. The molecule has 1 amide bonds. The van der Waals surface area contributed by atoms with Crippen LogP contribution in [0.15, 0.2) is 53.0 Å². The topological polar surface area (TPSA) is 87.4 Å². The van der Waals surface area contributed by atoms with Crippen molar-refractivity contribution in [2.45, 2.75) is 5.03 Å². The normalized spacial score (nSPS) is 10.4. The van der Waals surface area contributed by atoms with Crippen LogP contribution in [0.25, 0.3) is 11.3 Å². The van der Waals surface area contributed by atoms with Crippen molar-refractivity contribution >= 4 is 34.1 Å². The molecule has 0 unspecified atom stereocenters. The number of nitrogens with one attached hydrogen (secondary N) is 1. The molecule has 1 N–H and O–H groups in total. The molecular weight excluding hydrogens is 386 g/mol. The van der Waals surface area contributed by atoms with Gasteiger partial charge in [-0.2, -0.15) is 4.73 Å². The van der Waals surface area contributed by atoms with Crippen LogP contribution in [0.4, 0.5) is 5.13 Å². The number of rotatable bonds is 7. The maximum absolute atomic E-state index is 12.1. The highest BCUT2D eigenvalue weighted by Gasteiger charge is 2.13. The maximum atomic E-state index is 12.1. The van der Waals surface area contributed by atoms with E-state index in [1.165, 1.54) is 29.3 Å². The van der Waals surface area contributed by atoms with Crippen molar-refractivity contribution in [3.63, 3.8) is 0 Å². The van der Waals surface area contributed by atoms with Gasteiger partial charge in [0.15, 0.2) is 22.8 Å². The van der Waals surface area contributed by atoms with Crippen LogP contribution in [0.1, 0.15) is 0 Å². The highest BCUT2D eigenvalue weighted by atomic mass is 32.2. The van der Waals surface area contributed by atoms with Gasteiger partial charge in [0.05, 0.1) is 25.7 Å². The number of hydrogen-bond acceptors (Lipinski definition) is 7. The first-order valence-electron chi connectivity index (χ1n) is 7.89. The summed E-state index contributed by atoms with van der Waals surface area (Å²) in [6, 6.07) is 10.6. The molecule has 9 heteroatoms. The summed E-state index contributed by atoms with van der Waals surface area (Å²) in [5.74, 6) is 1.15. The number of ether oxygens (including phenoxy) is 2. The van der Waals surface area contributed by atoms with Crippen molar-refractivity contribution in [3.8, 4) is 22.8 Å². The van der Waals surface area contributed by atoms with E-state index in [0.29, 0.717) is 21.7 Å². The van der Waals surface area contributed by atoms with Gasteiger partial charge in [-0.1, -0.05) is 0 Å². The highest BCUT2D eigenvalue weighted by molar-refractivity contribution is 7.99. The van der Waals surface area contributed by atoms with Crippen LogP contribution >= 0.6 is 23.1 Å². The van der Waals surface area contributed by atoms with E-state index in [9.17, 15) is 10.0 Å². The summed E-state index contributed by atoms with van der Waals surface area (Å²) < 4.78 is 11.3. The number of nitrogens with zero attached hydrogens (tertiary/aromatic N) is 2. The fourth-order valence-electron chi connectivity index (χ4n) is 2.28. The van der Waals surface area contributed by atoms with E-state index in [-0.39, 0.29) is 11.7 Å². The molecule has 0 spiro atoms. The van der Waals surface area contributed by atoms with E-state index < -0.39 is 0 Å². The van der Waals surface area contributed by atoms with Crippen LogP contribution in [-0.2, 0) is 4.79 Å². The van der Waals surface area contributed by atoms with Gasteiger partial charge in [0.1, 0.15) is 0 Å². The lowest BCUT2D eigenvalue weighted by molar-refractivity contribution is -0.645. The standard InChI is InChI=1S/C18H17N3O4S2/c1-24-14-7-6-12(9-15(14)25-2)13-10-27-18(19-13)20-16(22)11-26-17-5-3-4-8-21(17)23/h3-10H,11H2,1-2H3,(H,19,20,22). The first-order chi connectivity index (χ1) is 13.1. The predicted octanol–water partition coefficient (Wildman–Crippen LogP) is 3.19. The number of amides is 1. The molecular formula is C18H17N3O4S2. The third-order valence-corrected chi connectivity index (χ3v) is 5.35. The molecule has 0 bridgehead atoms. The van der Waals surface area contributed by atoms with Crippen molar-refractivity contribution in [1.29, 1.82) is 0 Å². The molecule has 27 heavy (non-hydrogen) atoms. The Morgan fingerprint density at radius 1 is 1.26 bits per heavy atom. The number of methoxy groups -OCH3 is 2. The number of benzene rings is 1. The molecule has 0 aliphatic carbocycles. The molecule has 0 aliphatic heterocycles. The Morgan fingerprint density at radius 2 is 2.07 bits per heavy atom. The van der Waals surface area contributed by atoms with Gasteiger partial charge in [0.25, 0.3) is 5.03 Å². The van der Waals surface area contributed by atoms with Crippen molar-refractivity contribution in [1.82, 2.24) is 4.98 Å². The van der Waals surface area contributed by atoms with Gasteiger partial charge in [-0.15, -0.1) is 11.3 Å². The van der Waals surface area contributed by atoms with Crippen molar-refractivity contribution in [3.05, 3.63) is 53.2 Å². The number of thioether (sulfide) groups is 1. The lowest BCUT2D eigenvalue weighted by Gasteiger charge is -2.08. The van der Waals surface area contributed by atoms with Gasteiger partial charge in [-0.25, -0.2) is 4.98 Å². The SMILES string of the molecule is COc1ccc(-c2csc(NC(=O)CSc3cccc[n+]3[O-])n2)cc1OC. The van der Waals surface area contributed by atoms with E-state index in [1.807, 2.05) is 17.5 Å². The van der Waals surface area contributed by atoms with E-state index in [0.717, 1.165) is 16.0 Å². The van der Waals surface area contributed by atoms with E-state index >= 15 is 0 Å². The Balaban J connectivity index is 1.64. The van der Waals surface area contributed by atoms with Crippen LogP contribution in [0, 0.1) is 5.21 Å². The molecule has 2 aromatic heterocycles. The summed E-state index contributed by atoms with van der Waals surface area (Å²) in [5, 5.41) is 17.2. The quantitative estimate of drug-likeness (QED) is 0.370. The molecule has 0 aliphatic rings. The Morgan fingerprint density at radius 3 is 2.81 bits per heavy atom.